The first kappa shape index (κ1) is 15.9. The maximum Gasteiger partial charge on any atom is 0.231 e. The van der Waals surface area contributed by atoms with E-state index in [1.165, 1.54) is 12.1 Å². The third-order valence-electron chi connectivity index (χ3n) is 4.39. The van der Waals surface area contributed by atoms with Crippen molar-refractivity contribution in [2.24, 2.45) is 0 Å². The number of rotatable bonds is 5. The van der Waals surface area contributed by atoms with Crippen LogP contribution in [0.3, 0.4) is 0 Å². The van der Waals surface area contributed by atoms with Crippen LogP contribution in [0.25, 0.3) is 0 Å². The molecule has 1 aromatic carbocycles. The van der Waals surface area contributed by atoms with Crippen LogP contribution in [0.5, 0.6) is 0 Å². The van der Waals surface area contributed by atoms with Crippen LogP contribution in [-0.4, -0.2) is 23.7 Å². The standard InChI is InChI=1S/C16H21F2NO2/c1-2-12(10-20)19-15(21)16(7-3-4-8-16)13-6-5-11(17)9-14(13)18/h5-6,9,12,20H,2-4,7-8,10H2,1H3,(H,19,21). The van der Waals surface area contributed by atoms with Gasteiger partial charge in [0.2, 0.25) is 5.91 Å². The van der Waals surface area contributed by atoms with Crippen molar-refractivity contribution in [2.75, 3.05) is 6.61 Å². The fourth-order valence-electron chi connectivity index (χ4n) is 3.08. The molecule has 5 heteroatoms. The van der Waals surface area contributed by atoms with Crippen LogP contribution in [0, 0.1) is 11.6 Å². The number of carbonyl (C=O) groups excluding carboxylic acids is 1. The molecule has 0 saturated heterocycles. The highest BCUT2D eigenvalue weighted by Gasteiger charge is 2.44. The van der Waals surface area contributed by atoms with Crippen LogP contribution < -0.4 is 5.32 Å². The average molecular weight is 297 g/mol. The molecule has 1 atom stereocenters. The Hall–Kier alpha value is -1.49. The fourth-order valence-corrected chi connectivity index (χ4v) is 3.08. The van der Waals surface area contributed by atoms with Crippen LogP contribution >= 0.6 is 0 Å². The maximum atomic E-state index is 14.1. The summed E-state index contributed by atoms with van der Waals surface area (Å²) in [4.78, 5) is 12.7. The number of benzene rings is 1. The summed E-state index contributed by atoms with van der Waals surface area (Å²) in [6, 6.07) is 3.05. The van der Waals surface area contributed by atoms with E-state index in [1.54, 1.807) is 0 Å². The minimum Gasteiger partial charge on any atom is -0.394 e. The Kier molecular flexibility index (Phi) is 4.93. The van der Waals surface area contributed by atoms with E-state index in [0.717, 1.165) is 18.9 Å². The van der Waals surface area contributed by atoms with Gasteiger partial charge in [-0.2, -0.15) is 0 Å². The van der Waals surface area contributed by atoms with E-state index in [4.69, 9.17) is 0 Å². The third-order valence-corrected chi connectivity index (χ3v) is 4.39. The lowest BCUT2D eigenvalue weighted by molar-refractivity contribution is -0.127. The summed E-state index contributed by atoms with van der Waals surface area (Å²) in [6.07, 6.45) is 3.36. The van der Waals surface area contributed by atoms with Crippen molar-refractivity contribution in [1.29, 1.82) is 0 Å². The molecule has 0 radical (unpaired) electrons. The Balaban J connectivity index is 2.34. The van der Waals surface area contributed by atoms with Gasteiger partial charge in [0.25, 0.3) is 0 Å². The molecule has 1 aromatic rings. The van der Waals surface area contributed by atoms with E-state index in [2.05, 4.69) is 5.32 Å². The number of hydrogen-bond acceptors (Lipinski definition) is 2. The quantitative estimate of drug-likeness (QED) is 0.878. The molecule has 2 rings (SSSR count). The predicted molar refractivity (Wildman–Crippen MR) is 75.8 cm³/mol. The Bertz CT molecular complexity index is 509. The van der Waals surface area contributed by atoms with Gasteiger partial charge in [-0.1, -0.05) is 25.8 Å². The molecule has 1 fully saturated rings. The number of nitrogens with one attached hydrogen (secondary N) is 1. The Morgan fingerprint density at radius 1 is 1.38 bits per heavy atom. The van der Waals surface area contributed by atoms with E-state index < -0.39 is 17.0 Å². The van der Waals surface area contributed by atoms with Gasteiger partial charge in [-0.3, -0.25) is 4.79 Å². The molecule has 1 aliphatic rings. The lowest BCUT2D eigenvalue weighted by Crippen LogP contribution is -2.48. The molecule has 0 aliphatic heterocycles. The molecular formula is C16H21F2NO2. The monoisotopic (exact) mass is 297 g/mol. The Morgan fingerprint density at radius 3 is 2.57 bits per heavy atom. The van der Waals surface area contributed by atoms with Crippen LogP contribution in [0.15, 0.2) is 18.2 Å². The zero-order chi connectivity index (χ0) is 15.5. The summed E-state index contributed by atoms with van der Waals surface area (Å²) in [6.45, 7) is 1.71. The van der Waals surface area contributed by atoms with Crippen LogP contribution in [-0.2, 0) is 10.2 Å². The average Bonchev–Trinajstić information content (AvgIpc) is 2.95. The summed E-state index contributed by atoms with van der Waals surface area (Å²) in [7, 11) is 0. The van der Waals surface area contributed by atoms with Crippen molar-refractivity contribution in [1.82, 2.24) is 5.32 Å². The highest BCUT2D eigenvalue weighted by atomic mass is 19.1. The van der Waals surface area contributed by atoms with Gasteiger partial charge in [-0.15, -0.1) is 0 Å². The molecule has 0 aromatic heterocycles. The maximum absolute atomic E-state index is 14.1. The van der Waals surface area contributed by atoms with E-state index in [9.17, 15) is 18.7 Å². The van der Waals surface area contributed by atoms with Gasteiger partial charge in [0.05, 0.1) is 18.1 Å². The van der Waals surface area contributed by atoms with E-state index in [-0.39, 0.29) is 24.1 Å². The van der Waals surface area contributed by atoms with Gasteiger partial charge in [0.1, 0.15) is 11.6 Å². The minimum atomic E-state index is -0.944. The second-order valence-corrected chi connectivity index (χ2v) is 5.67. The van der Waals surface area contributed by atoms with Gasteiger partial charge in [0.15, 0.2) is 0 Å². The largest absolute Gasteiger partial charge is 0.394 e. The lowest BCUT2D eigenvalue weighted by Gasteiger charge is -2.30. The van der Waals surface area contributed by atoms with Crippen molar-refractivity contribution >= 4 is 5.91 Å². The molecule has 1 aliphatic carbocycles. The highest BCUT2D eigenvalue weighted by Crippen LogP contribution is 2.42. The van der Waals surface area contributed by atoms with Gasteiger partial charge in [0, 0.05) is 11.6 Å². The van der Waals surface area contributed by atoms with Gasteiger partial charge in [-0.05, 0) is 25.3 Å². The molecule has 1 amide bonds. The van der Waals surface area contributed by atoms with Gasteiger partial charge >= 0.3 is 0 Å². The smallest absolute Gasteiger partial charge is 0.231 e. The van der Waals surface area contributed by atoms with E-state index in [0.29, 0.717) is 19.3 Å². The van der Waals surface area contributed by atoms with E-state index >= 15 is 0 Å². The summed E-state index contributed by atoms with van der Waals surface area (Å²) in [5.41, 5.74) is -0.688. The first-order valence-electron chi connectivity index (χ1n) is 7.41. The SMILES string of the molecule is CCC(CO)NC(=O)C1(c2ccc(F)cc2F)CCCC1. The molecule has 1 saturated carbocycles. The highest BCUT2D eigenvalue weighted by molar-refractivity contribution is 5.89. The van der Waals surface area contributed by atoms with Crippen molar-refractivity contribution in [3.8, 4) is 0 Å². The topological polar surface area (TPSA) is 49.3 Å². The number of aliphatic hydroxyl groups excluding tert-OH is 1. The number of carbonyl (C=O) groups is 1. The zero-order valence-electron chi connectivity index (χ0n) is 12.2. The predicted octanol–water partition coefficient (Wildman–Crippen LogP) is 2.66. The lowest BCUT2D eigenvalue weighted by atomic mass is 9.77. The van der Waals surface area contributed by atoms with Gasteiger partial charge < -0.3 is 10.4 Å². The molecule has 0 heterocycles. The Morgan fingerprint density at radius 2 is 2.05 bits per heavy atom. The molecule has 2 N–H and O–H groups in total. The normalized spacial score (nSPS) is 18.5. The number of hydrogen-bond donors (Lipinski definition) is 2. The fraction of sp³-hybridized carbons (Fsp3) is 0.562. The third kappa shape index (κ3) is 3.07. The number of aliphatic hydroxyl groups is 1. The summed E-state index contributed by atoms with van der Waals surface area (Å²) in [5, 5.41) is 12.0. The first-order valence-corrected chi connectivity index (χ1v) is 7.41. The van der Waals surface area contributed by atoms with Crippen LogP contribution in [0.4, 0.5) is 8.78 Å². The van der Waals surface area contributed by atoms with Gasteiger partial charge in [-0.25, -0.2) is 8.78 Å². The molecule has 0 spiro atoms. The molecule has 3 nitrogen and oxygen atoms in total. The van der Waals surface area contributed by atoms with Crippen LogP contribution in [0.2, 0.25) is 0 Å². The molecule has 21 heavy (non-hydrogen) atoms. The van der Waals surface area contributed by atoms with Crippen LogP contribution in [0.1, 0.15) is 44.6 Å². The van der Waals surface area contributed by atoms with Crippen molar-refractivity contribution < 1.29 is 18.7 Å². The molecule has 0 bridgehead atoms. The molecular weight excluding hydrogens is 276 g/mol. The Labute approximate surface area is 123 Å². The first-order chi connectivity index (χ1) is 10.0. The van der Waals surface area contributed by atoms with Crippen molar-refractivity contribution in [2.45, 2.75) is 50.5 Å². The second kappa shape index (κ2) is 6.52. The number of halogens is 2. The molecule has 1 unspecified atom stereocenters. The molecule has 116 valence electrons. The zero-order valence-corrected chi connectivity index (χ0v) is 12.2. The van der Waals surface area contributed by atoms with Crippen molar-refractivity contribution in [3.63, 3.8) is 0 Å². The van der Waals surface area contributed by atoms with E-state index in [1.807, 2.05) is 6.92 Å². The number of amides is 1. The minimum absolute atomic E-state index is 0.149. The van der Waals surface area contributed by atoms with Crippen molar-refractivity contribution in [3.05, 3.63) is 35.4 Å². The summed E-state index contributed by atoms with van der Waals surface area (Å²) < 4.78 is 27.2. The summed E-state index contributed by atoms with van der Waals surface area (Å²) in [5.74, 6) is -1.60. The summed E-state index contributed by atoms with van der Waals surface area (Å²) >= 11 is 0. The second-order valence-electron chi connectivity index (χ2n) is 5.67.